The highest BCUT2D eigenvalue weighted by atomic mass is 19.3. The number of carbonyl (C=O) groups is 1. The minimum atomic E-state index is -4.11. The maximum atomic E-state index is 14.7. The Balaban J connectivity index is 1.63. The van der Waals surface area contributed by atoms with Crippen molar-refractivity contribution in [3.8, 4) is 0 Å². The lowest BCUT2D eigenvalue weighted by atomic mass is 9.89. The molecule has 5 aromatic carbocycles. The molecule has 0 radical (unpaired) electrons. The van der Waals surface area contributed by atoms with Crippen molar-refractivity contribution in [2.24, 2.45) is 10.9 Å². The third-order valence-electron chi connectivity index (χ3n) is 11.1. The number of carbonyl (C=O) groups excluding carboxylic acids is 1. The van der Waals surface area contributed by atoms with Gasteiger partial charge in [-0.25, -0.2) is 17.6 Å². The van der Waals surface area contributed by atoms with Gasteiger partial charge >= 0.3 is 12.3 Å². The Morgan fingerprint density at radius 2 is 1.52 bits per heavy atom. The molecular formula is C49H52F4N2O. The first-order valence-corrected chi connectivity index (χ1v) is 19.8. The molecule has 1 aromatic heterocycles. The molecule has 56 heavy (non-hydrogen) atoms. The van der Waals surface area contributed by atoms with E-state index in [1.165, 1.54) is 0 Å². The summed E-state index contributed by atoms with van der Waals surface area (Å²) in [4.78, 5) is 19.7. The molecule has 0 fully saturated rings. The predicted molar refractivity (Wildman–Crippen MR) is 225 cm³/mol. The van der Waals surface area contributed by atoms with E-state index in [0.29, 0.717) is 40.4 Å². The summed E-state index contributed by atoms with van der Waals surface area (Å²) >= 11 is 0. The number of benzene rings is 5. The lowest BCUT2D eigenvalue weighted by Crippen LogP contribution is -2.27. The Kier molecular flexibility index (Phi) is 12.3. The second-order valence-corrected chi connectivity index (χ2v) is 15.6. The average Bonchev–Trinajstić information content (AvgIpc) is 3.47. The number of halogens is 4. The molecule has 0 amide bonds. The SMILES string of the molecule is C=C(C)CN=C(c1ccc2c(c1)c1cc(C(=O)c3c(C)cc(C)cc3C)c3ccccc3c1n2CC(CC)CCCC)c1ccccc1CCC(F)(F)C(F)F. The van der Waals surface area contributed by atoms with Gasteiger partial charge in [0.15, 0.2) is 5.78 Å². The first-order chi connectivity index (χ1) is 26.7. The first kappa shape index (κ1) is 40.6. The number of nitrogens with zero attached hydrogens (tertiary/aromatic N) is 2. The van der Waals surface area contributed by atoms with E-state index < -0.39 is 18.8 Å². The van der Waals surface area contributed by atoms with Crippen LogP contribution in [-0.4, -0.2) is 35.0 Å². The van der Waals surface area contributed by atoms with Crippen LogP contribution in [0, 0.1) is 26.7 Å². The van der Waals surface area contributed by atoms with Crippen molar-refractivity contribution >= 4 is 44.1 Å². The van der Waals surface area contributed by atoms with E-state index in [1.807, 2.05) is 64.1 Å². The minimum Gasteiger partial charge on any atom is -0.340 e. The maximum absolute atomic E-state index is 14.7. The second kappa shape index (κ2) is 17.0. The molecule has 0 aliphatic carbocycles. The lowest BCUT2D eigenvalue weighted by Gasteiger charge is -2.19. The number of ketones is 1. The molecule has 0 aliphatic heterocycles. The number of aliphatic imine (C=N–C) groups is 1. The van der Waals surface area contributed by atoms with Crippen molar-refractivity contribution in [2.45, 2.75) is 99.0 Å². The normalized spacial score (nSPS) is 13.0. The third-order valence-corrected chi connectivity index (χ3v) is 11.1. The smallest absolute Gasteiger partial charge is 0.307 e. The predicted octanol–water partition coefficient (Wildman–Crippen LogP) is 13.6. The van der Waals surface area contributed by atoms with Crippen LogP contribution in [0.25, 0.3) is 32.6 Å². The Bertz CT molecular complexity index is 2430. The highest BCUT2D eigenvalue weighted by Crippen LogP contribution is 2.40. The van der Waals surface area contributed by atoms with Gasteiger partial charge in [0.05, 0.1) is 17.8 Å². The van der Waals surface area contributed by atoms with Gasteiger partial charge in [0.25, 0.3) is 0 Å². The molecule has 3 nitrogen and oxygen atoms in total. The number of unbranched alkanes of at least 4 members (excludes halogenated alkanes) is 1. The zero-order valence-corrected chi connectivity index (χ0v) is 33.4. The Morgan fingerprint density at radius 3 is 2.18 bits per heavy atom. The zero-order valence-electron chi connectivity index (χ0n) is 33.4. The molecule has 6 rings (SSSR count). The van der Waals surface area contributed by atoms with Crippen LogP contribution in [-0.2, 0) is 13.0 Å². The minimum absolute atomic E-state index is 0.0252. The quantitative estimate of drug-likeness (QED) is 0.0419. The maximum Gasteiger partial charge on any atom is 0.307 e. The molecule has 0 N–H and O–H groups in total. The largest absolute Gasteiger partial charge is 0.340 e. The van der Waals surface area contributed by atoms with E-state index >= 15 is 0 Å². The summed E-state index contributed by atoms with van der Waals surface area (Å²) in [5, 5.41) is 3.79. The van der Waals surface area contributed by atoms with E-state index in [-0.39, 0.29) is 12.2 Å². The van der Waals surface area contributed by atoms with E-state index in [9.17, 15) is 22.4 Å². The fourth-order valence-electron chi connectivity index (χ4n) is 8.26. The number of hydrogen-bond acceptors (Lipinski definition) is 2. The summed E-state index contributed by atoms with van der Waals surface area (Å²) in [6, 6.07) is 27.6. The molecule has 0 bridgehead atoms. The molecule has 1 atom stereocenters. The third kappa shape index (κ3) is 8.23. The Morgan fingerprint density at radius 1 is 0.839 bits per heavy atom. The fraction of sp³-hybridized carbons (Fsp3) is 0.347. The van der Waals surface area contributed by atoms with Crippen molar-refractivity contribution < 1.29 is 22.4 Å². The van der Waals surface area contributed by atoms with E-state index in [4.69, 9.17) is 4.99 Å². The standard InChI is InChI=1S/C49H52F4N2O/c1-8-10-15-34(9-2)29-55-43-21-20-36(45(54-28-30(3)4)37-17-12-11-16-35(37)22-23-49(52,53)48(50)51)26-40(43)41-27-42(38-18-13-14-19-39(38)46(41)55)47(56)44-32(6)24-31(5)25-33(44)7/h11-14,16-21,24-27,34,48H,3,8-10,15,22-23,28-29H2,1-2,4-7H3. The van der Waals surface area contributed by atoms with Crippen molar-refractivity contribution in [3.05, 3.63) is 142 Å². The van der Waals surface area contributed by atoms with Crippen LogP contribution in [0.5, 0.6) is 0 Å². The van der Waals surface area contributed by atoms with Gasteiger partial charge in [-0.1, -0.05) is 118 Å². The molecule has 7 heteroatoms. The molecule has 0 saturated carbocycles. The Hall–Kier alpha value is -5.04. The number of aromatic nitrogens is 1. The molecular weight excluding hydrogens is 709 g/mol. The lowest BCUT2D eigenvalue weighted by molar-refractivity contribution is -0.132. The second-order valence-electron chi connectivity index (χ2n) is 15.6. The fourth-order valence-corrected chi connectivity index (χ4v) is 8.26. The van der Waals surface area contributed by atoms with Gasteiger partial charge in [0.2, 0.25) is 0 Å². The van der Waals surface area contributed by atoms with E-state index in [0.717, 1.165) is 92.6 Å². The molecule has 0 saturated heterocycles. The molecule has 0 aliphatic rings. The molecule has 1 unspecified atom stereocenters. The topological polar surface area (TPSA) is 34.4 Å². The highest BCUT2D eigenvalue weighted by Gasteiger charge is 2.40. The van der Waals surface area contributed by atoms with Crippen LogP contribution in [0.15, 0.2) is 102 Å². The van der Waals surface area contributed by atoms with Crippen LogP contribution >= 0.6 is 0 Å². The molecule has 0 spiro atoms. The number of fused-ring (bicyclic) bond motifs is 5. The van der Waals surface area contributed by atoms with Crippen molar-refractivity contribution in [1.29, 1.82) is 0 Å². The van der Waals surface area contributed by atoms with Gasteiger partial charge in [-0.15, -0.1) is 0 Å². The van der Waals surface area contributed by atoms with Crippen LogP contribution in [0.4, 0.5) is 17.6 Å². The monoisotopic (exact) mass is 760 g/mol. The number of hydrogen-bond donors (Lipinski definition) is 0. The van der Waals surface area contributed by atoms with Crippen molar-refractivity contribution in [1.82, 2.24) is 4.57 Å². The van der Waals surface area contributed by atoms with Crippen molar-refractivity contribution in [3.63, 3.8) is 0 Å². The molecule has 1 heterocycles. The summed E-state index contributed by atoms with van der Waals surface area (Å²) < 4.78 is 57.2. The van der Waals surface area contributed by atoms with Crippen LogP contribution < -0.4 is 0 Å². The van der Waals surface area contributed by atoms with Gasteiger partial charge in [0, 0.05) is 56.9 Å². The van der Waals surface area contributed by atoms with Gasteiger partial charge < -0.3 is 4.57 Å². The summed E-state index contributed by atoms with van der Waals surface area (Å²) in [5.41, 5.74) is 9.68. The molecule has 292 valence electrons. The first-order valence-electron chi connectivity index (χ1n) is 19.8. The van der Waals surface area contributed by atoms with E-state index in [1.54, 1.807) is 12.1 Å². The number of rotatable bonds is 16. The van der Waals surface area contributed by atoms with Crippen LogP contribution in [0.1, 0.15) is 102 Å². The van der Waals surface area contributed by atoms with Crippen LogP contribution in [0.2, 0.25) is 0 Å². The number of aryl methyl sites for hydroxylation is 4. The zero-order chi connectivity index (χ0) is 40.3. The highest BCUT2D eigenvalue weighted by molar-refractivity contribution is 6.27. The van der Waals surface area contributed by atoms with Gasteiger partial charge in [-0.05, 0) is 86.7 Å². The summed E-state index contributed by atoms with van der Waals surface area (Å²) in [6.07, 6.45) is -0.585. The van der Waals surface area contributed by atoms with Gasteiger partial charge in [0.1, 0.15) is 0 Å². The summed E-state index contributed by atoms with van der Waals surface area (Å²) in [7, 11) is 0. The van der Waals surface area contributed by atoms with Gasteiger partial charge in [-0.3, -0.25) is 9.79 Å². The Labute approximate surface area is 328 Å². The van der Waals surface area contributed by atoms with Crippen molar-refractivity contribution in [2.75, 3.05) is 6.54 Å². The summed E-state index contributed by atoms with van der Waals surface area (Å²) in [6.45, 7) is 17.5. The molecule has 6 aromatic rings. The number of alkyl halides is 4. The summed E-state index contributed by atoms with van der Waals surface area (Å²) in [5.74, 6) is -3.69. The average molecular weight is 761 g/mol. The van der Waals surface area contributed by atoms with Crippen LogP contribution in [0.3, 0.4) is 0 Å². The van der Waals surface area contributed by atoms with E-state index in [2.05, 4.69) is 61.4 Å². The van der Waals surface area contributed by atoms with Gasteiger partial charge in [-0.2, -0.15) is 0 Å².